The number of aromatic nitrogens is 4. The van der Waals surface area contributed by atoms with Gasteiger partial charge in [0.2, 0.25) is 0 Å². The molecule has 132 valence electrons. The summed E-state index contributed by atoms with van der Waals surface area (Å²) >= 11 is 5.92. The summed E-state index contributed by atoms with van der Waals surface area (Å²) in [5.74, 6) is 0.722. The van der Waals surface area contributed by atoms with Gasteiger partial charge in [0.15, 0.2) is 0 Å². The average molecular weight is 369 g/mol. The maximum Gasteiger partial charge on any atom is 0.141 e. The summed E-state index contributed by atoms with van der Waals surface area (Å²) in [6.07, 6.45) is 5.58. The first-order valence-corrected chi connectivity index (χ1v) is 8.86. The Kier molecular flexibility index (Phi) is 4.47. The predicted molar refractivity (Wildman–Crippen MR) is 102 cm³/mol. The van der Waals surface area contributed by atoms with Crippen LogP contribution in [0.1, 0.15) is 6.92 Å². The fraction of sp³-hybridized carbons (Fsp3) is 0.200. The molecule has 4 aromatic rings. The standard InChI is InChI=1S/C20H18ClFN4/c1-14(12-26-13-24-18-4-2-3-5-19(18)26)11-25-9-8-23-20(25)15-6-7-17(22)16(21)10-15/h2-10,13-14H,11-12H2,1H3. The highest BCUT2D eigenvalue weighted by Crippen LogP contribution is 2.24. The van der Waals surface area contributed by atoms with Gasteiger partial charge in [-0.15, -0.1) is 0 Å². The highest BCUT2D eigenvalue weighted by Gasteiger charge is 2.13. The number of benzene rings is 2. The third kappa shape index (κ3) is 3.22. The Balaban J connectivity index is 1.54. The third-order valence-electron chi connectivity index (χ3n) is 4.44. The molecule has 1 unspecified atom stereocenters. The van der Waals surface area contributed by atoms with Crippen molar-refractivity contribution in [3.8, 4) is 11.4 Å². The summed E-state index contributed by atoms with van der Waals surface area (Å²) in [6, 6.07) is 12.8. The van der Waals surface area contributed by atoms with Crippen LogP contribution in [-0.4, -0.2) is 19.1 Å². The number of imidazole rings is 2. The van der Waals surface area contributed by atoms with E-state index in [9.17, 15) is 4.39 Å². The van der Waals surface area contributed by atoms with Gasteiger partial charge in [-0.25, -0.2) is 14.4 Å². The summed E-state index contributed by atoms with van der Waals surface area (Å²) in [6.45, 7) is 3.83. The van der Waals surface area contributed by atoms with E-state index >= 15 is 0 Å². The summed E-state index contributed by atoms with van der Waals surface area (Å²) in [4.78, 5) is 8.87. The van der Waals surface area contributed by atoms with E-state index in [-0.39, 0.29) is 5.02 Å². The van der Waals surface area contributed by atoms with Gasteiger partial charge in [-0.2, -0.15) is 0 Å². The monoisotopic (exact) mass is 368 g/mol. The molecule has 1 atom stereocenters. The van der Waals surface area contributed by atoms with Crippen LogP contribution in [0.15, 0.2) is 61.2 Å². The van der Waals surface area contributed by atoms with Crippen LogP contribution in [0.5, 0.6) is 0 Å². The molecule has 0 spiro atoms. The second kappa shape index (κ2) is 6.92. The molecule has 0 radical (unpaired) electrons. The number of para-hydroxylation sites is 2. The molecule has 0 saturated carbocycles. The Morgan fingerprint density at radius 3 is 2.73 bits per heavy atom. The zero-order chi connectivity index (χ0) is 18.1. The Bertz CT molecular complexity index is 1050. The summed E-state index contributed by atoms with van der Waals surface area (Å²) < 4.78 is 17.7. The fourth-order valence-corrected chi connectivity index (χ4v) is 3.42. The molecule has 0 aliphatic carbocycles. The van der Waals surface area contributed by atoms with Crippen molar-refractivity contribution in [3.63, 3.8) is 0 Å². The fourth-order valence-electron chi connectivity index (χ4n) is 3.24. The van der Waals surface area contributed by atoms with E-state index in [1.54, 1.807) is 18.3 Å². The van der Waals surface area contributed by atoms with Crippen LogP contribution >= 0.6 is 11.6 Å². The van der Waals surface area contributed by atoms with Crippen LogP contribution in [0.4, 0.5) is 4.39 Å². The van der Waals surface area contributed by atoms with Crippen molar-refractivity contribution < 1.29 is 4.39 Å². The molecule has 0 aliphatic heterocycles. The van der Waals surface area contributed by atoms with Gasteiger partial charge in [-0.1, -0.05) is 30.7 Å². The van der Waals surface area contributed by atoms with Crippen LogP contribution in [-0.2, 0) is 13.1 Å². The quantitative estimate of drug-likeness (QED) is 0.495. The number of hydrogen-bond donors (Lipinski definition) is 0. The molecule has 4 nitrogen and oxygen atoms in total. The summed E-state index contributed by atoms with van der Waals surface area (Å²) in [5.41, 5.74) is 2.95. The highest BCUT2D eigenvalue weighted by molar-refractivity contribution is 6.31. The Labute approximate surface area is 155 Å². The van der Waals surface area contributed by atoms with Crippen molar-refractivity contribution in [2.24, 2.45) is 5.92 Å². The van der Waals surface area contributed by atoms with Crippen LogP contribution in [0.25, 0.3) is 22.4 Å². The number of halogens is 2. The molecule has 26 heavy (non-hydrogen) atoms. The molecule has 6 heteroatoms. The van der Waals surface area contributed by atoms with Gasteiger partial charge in [0.25, 0.3) is 0 Å². The van der Waals surface area contributed by atoms with Gasteiger partial charge in [-0.05, 0) is 36.2 Å². The maximum atomic E-state index is 13.4. The van der Waals surface area contributed by atoms with Crippen LogP contribution in [0, 0.1) is 11.7 Å². The molecule has 0 bridgehead atoms. The average Bonchev–Trinajstić information content (AvgIpc) is 3.25. The van der Waals surface area contributed by atoms with Crippen molar-refractivity contribution in [1.29, 1.82) is 0 Å². The Hall–Kier alpha value is -2.66. The van der Waals surface area contributed by atoms with E-state index < -0.39 is 5.82 Å². The molecule has 2 heterocycles. The number of hydrogen-bond acceptors (Lipinski definition) is 2. The van der Waals surface area contributed by atoms with Gasteiger partial charge < -0.3 is 9.13 Å². The molecule has 2 aromatic carbocycles. The third-order valence-corrected chi connectivity index (χ3v) is 4.73. The van der Waals surface area contributed by atoms with Crippen LogP contribution in [0.2, 0.25) is 5.02 Å². The summed E-state index contributed by atoms with van der Waals surface area (Å²) in [5, 5.41) is 0.106. The van der Waals surface area contributed by atoms with Crippen molar-refractivity contribution in [3.05, 3.63) is 72.0 Å². The lowest BCUT2D eigenvalue weighted by Gasteiger charge is -2.16. The SMILES string of the molecule is CC(Cn1ccnc1-c1ccc(F)c(Cl)c1)Cn1cnc2ccccc21. The molecule has 0 saturated heterocycles. The van der Waals surface area contributed by atoms with E-state index in [2.05, 4.69) is 32.1 Å². The molecule has 2 aromatic heterocycles. The molecule has 0 N–H and O–H groups in total. The van der Waals surface area contributed by atoms with Crippen molar-refractivity contribution in [2.75, 3.05) is 0 Å². The zero-order valence-electron chi connectivity index (χ0n) is 14.3. The Morgan fingerprint density at radius 1 is 1.08 bits per heavy atom. The Morgan fingerprint density at radius 2 is 1.88 bits per heavy atom. The van der Waals surface area contributed by atoms with Gasteiger partial charge in [0.1, 0.15) is 11.6 Å². The zero-order valence-corrected chi connectivity index (χ0v) is 15.1. The first-order valence-electron chi connectivity index (χ1n) is 8.48. The molecule has 4 rings (SSSR count). The van der Waals surface area contributed by atoms with E-state index in [0.29, 0.717) is 5.92 Å². The second-order valence-electron chi connectivity index (χ2n) is 6.52. The lowest BCUT2D eigenvalue weighted by molar-refractivity contribution is 0.424. The van der Waals surface area contributed by atoms with E-state index in [1.807, 2.05) is 30.7 Å². The van der Waals surface area contributed by atoms with Crippen molar-refractivity contribution in [2.45, 2.75) is 20.0 Å². The van der Waals surface area contributed by atoms with E-state index in [4.69, 9.17) is 11.6 Å². The van der Waals surface area contributed by atoms with Crippen LogP contribution < -0.4 is 0 Å². The molecule has 0 aliphatic rings. The van der Waals surface area contributed by atoms with Gasteiger partial charge >= 0.3 is 0 Å². The summed E-state index contributed by atoms with van der Waals surface area (Å²) in [7, 11) is 0. The topological polar surface area (TPSA) is 35.6 Å². The van der Waals surface area contributed by atoms with E-state index in [1.165, 1.54) is 6.07 Å². The number of fused-ring (bicyclic) bond motifs is 1. The largest absolute Gasteiger partial charge is 0.331 e. The second-order valence-corrected chi connectivity index (χ2v) is 6.93. The molecule has 0 fully saturated rings. The first kappa shape index (κ1) is 16.8. The molecule has 0 amide bonds. The van der Waals surface area contributed by atoms with Gasteiger partial charge in [0, 0.05) is 31.0 Å². The first-order chi connectivity index (χ1) is 12.6. The maximum absolute atomic E-state index is 13.4. The lowest BCUT2D eigenvalue weighted by Crippen LogP contribution is -2.14. The van der Waals surface area contributed by atoms with Crippen molar-refractivity contribution in [1.82, 2.24) is 19.1 Å². The minimum atomic E-state index is -0.422. The number of rotatable bonds is 5. The normalized spacial score (nSPS) is 12.6. The van der Waals surface area contributed by atoms with Crippen molar-refractivity contribution >= 4 is 22.6 Å². The smallest absolute Gasteiger partial charge is 0.141 e. The predicted octanol–water partition coefficient (Wildman–Crippen LogP) is 5.03. The van der Waals surface area contributed by atoms with E-state index in [0.717, 1.165) is 35.5 Å². The van der Waals surface area contributed by atoms with Gasteiger partial charge in [0.05, 0.1) is 22.4 Å². The minimum Gasteiger partial charge on any atom is -0.331 e. The highest BCUT2D eigenvalue weighted by atomic mass is 35.5. The lowest BCUT2D eigenvalue weighted by atomic mass is 10.1. The van der Waals surface area contributed by atoms with Crippen LogP contribution in [0.3, 0.4) is 0 Å². The molecular formula is C20H18ClFN4. The molecular weight excluding hydrogens is 351 g/mol. The minimum absolute atomic E-state index is 0.106. The number of nitrogens with zero attached hydrogens (tertiary/aromatic N) is 4. The van der Waals surface area contributed by atoms with Gasteiger partial charge in [-0.3, -0.25) is 0 Å².